The zero-order valence-corrected chi connectivity index (χ0v) is 13.6. The molecule has 0 unspecified atom stereocenters. The van der Waals surface area contributed by atoms with E-state index in [1.807, 2.05) is 17.1 Å². The summed E-state index contributed by atoms with van der Waals surface area (Å²) in [4.78, 5) is 28.7. The summed E-state index contributed by atoms with van der Waals surface area (Å²) in [6.45, 7) is 0. The van der Waals surface area contributed by atoms with Crippen molar-refractivity contribution >= 4 is 51.0 Å². The number of fused-ring (bicyclic) bond motifs is 1. The number of carboxylic acid groups (broad SMARTS) is 1. The van der Waals surface area contributed by atoms with Crippen molar-refractivity contribution in [3.8, 4) is 0 Å². The maximum atomic E-state index is 12.7. The highest BCUT2D eigenvalue weighted by atomic mass is 32.2. The normalized spacial score (nSPS) is 16.4. The summed E-state index contributed by atoms with van der Waals surface area (Å²) < 4.78 is 1.72. The van der Waals surface area contributed by atoms with Gasteiger partial charge >= 0.3 is 5.97 Å². The van der Waals surface area contributed by atoms with Crippen LogP contribution >= 0.6 is 34.9 Å². The van der Waals surface area contributed by atoms with Crippen molar-refractivity contribution in [3.05, 3.63) is 21.8 Å². The molecule has 2 aromatic rings. The fraction of sp³-hybridized carbons (Fsp3) is 0.462. The quantitative estimate of drug-likeness (QED) is 0.680. The van der Waals surface area contributed by atoms with Crippen LogP contribution in [0.2, 0.25) is 0 Å². The Bertz CT molecular complexity index is 719. The van der Waals surface area contributed by atoms with Gasteiger partial charge in [-0.2, -0.15) is 11.8 Å². The number of thioether (sulfide) groups is 2. The van der Waals surface area contributed by atoms with Gasteiger partial charge in [0.2, 0.25) is 0 Å². The van der Waals surface area contributed by atoms with Gasteiger partial charge in [0, 0.05) is 6.04 Å². The first-order valence-corrected chi connectivity index (χ1v) is 9.61. The molecule has 0 bridgehead atoms. The van der Waals surface area contributed by atoms with Crippen LogP contribution in [0.3, 0.4) is 0 Å². The fourth-order valence-corrected chi connectivity index (χ4v) is 5.07. The summed E-state index contributed by atoms with van der Waals surface area (Å²) in [6.07, 6.45) is 1.87. The number of thiophene rings is 1. The van der Waals surface area contributed by atoms with Gasteiger partial charge in [0.05, 0.1) is 11.1 Å². The smallest absolute Gasteiger partial charge is 0.313 e. The van der Waals surface area contributed by atoms with Gasteiger partial charge in [-0.3, -0.25) is 14.2 Å². The van der Waals surface area contributed by atoms with Crippen molar-refractivity contribution in [3.63, 3.8) is 0 Å². The minimum Gasteiger partial charge on any atom is -0.481 e. The van der Waals surface area contributed by atoms with Gasteiger partial charge in [-0.15, -0.1) is 11.3 Å². The summed E-state index contributed by atoms with van der Waals surface area (Å²) in [5.74, 6) is 1.08. The van der Waals surface area contributed by atoms with Crippen LogP contribution in [0.4, 0.5) is 0 Å². The number of rotatable bonds is 4. The van der Waals surface area contributed by atoms with Gasteiger partial charge in [-0.25, -0.2) is 4.98 Å². The Balaban J connectivity index is 2.08. The van der Waals surface area contributed by atoms with E-state index in [1.54, 1.807) is 10.6 Å². The van der Waals surface area contributed by atoms with E-state index in [9.17, 15) is 9.59 Å². The summed E-state index contributed by atoms with van der Waals surface area (Å²) in [5, 5.41) is 11.9. The number of carbonyl (C=O) groups is 1. The number of carboxylic acids is 1. The minimum atomic E-state index is -0.897. The molecule has 0 saturated carbocycles. The third-order valence-corrected chi connectivity index (χ3v) is 6.17. The molecule has 0 radical (unpaired) electrons. The second-order valence-electron chi connectivity index (χ2n) is 4.73. The van der Waals surface area contributed by atoms with E-state index in [0.717, 1.165) is 36.1 Å². The number of hydrogen-bond acceptors (Lipinski definition) is 6. The average Bonchev–Trinajstić information content (AvgIpc) is 2.95. The van der Waals surface area contributed by atoms with Crippen LogP contribution in [-0.4, -0.2) is 37.9 Å². The van der Waals surface area contributed by atoms with Gasteiger partial charge in [0.15, 0.2) is 5.16 Å². The Morgan fingerprint density at radius 1 is 1.48 bits per heavy atom. The molecule has 0 spiro atoms. The highest BCUT2D eigenvalue weighted by Crippen LogP contribution is 2.30. The molecule has 5 nitrogen and oxygen atoms in total. The van der Waals surface area contributed by atoms with E-state index in [0.29, 0.717) is 15.4 Å². The van der Waals surface area contributed by atoms with E-state index in [1.165, 1.54) is 11.3 Å². The highest BCUT2D eigenvalue weighted by Gasteiger charge is 2.22. The zero-order valence-electron chi connectivity index (χ0n) is 11.2. The van der Waals surface area contributed by atoms with Crippen molar-refractivity contribution in [1.29, 1.82) is 0 Å². The molecule has 1 aliphatic rings. The maximum Gasteiger partial charge on any atom is 0.313 e. The molecule has 1 N–H and O–H groups in total. The molecule has 0 aliphatic carbocycles. The van der Waals surface area contributed by atoms with Gasteiger partial charge in [-0.1, -0.05) is 11.8 Å². The predicted octanol–water partition coefficient (Wildman–Crippen LogP) is 2.70. The Hall–Kier alpha value is -0.990. The molecule has 2 aromatic heterocycles. The molecule has 1 aliphatic heterocycles. The van der Waals surface area contributed by atoms with E-state index in [2.05, 4.69) is 4.98 Å². The van der Waals surface area contributed by atoms with Gasteiger partial charge in [0.25, 0.3) is 5.56 Å². The lowest BCUT2D eigenvalue weighted by atomic mass is 10.1. The first-order valence-electron chi connectivity index (χ1n) is 6.59. The van der Waals surface area contributed by atoms with Crippen LogP contribution in [0.15, 0.2) is 21.4 Å². The lowest BCUT2D eigenvalue weighted by Gasteiger charge is -2.25. The second-order valence-corrected chi connectivity index (χ2v) is 7.80. The number of hydrogen-bond donors (Lipinski definition) is 1. The van der Waals surface area contributed by atoms with E-state index >= 15 is 0 Å². The third-order valence-electron chi connectivity index (χ3n) is 3.38. The molecular formula is C13H14N2O3S3. The first kappa shape index (κ1) is 14.9. The molecule has 0 aromatic carbocycles. The molecule has 8 heteroatoms. The number of aliphatic carboxylic acids is 1. The molecule has 3 heterocycles. The molecule has 3 rings (SSSR count). The first-order chi connectivity index (χ1) is 10.2. The van der Waals surface area contributed by atoms with Crippen molar-refractivity contribution in [1.82, 2.24) is 9.55 Å². The Kier molecular flexibility index (Phi) is 4.56. The molecule has 0 amide bonds. The lowest BCUT2D eigenvalue weighted by molar-refractivity contribution is -0.133. The topological polar surface area (TPSA) is 72.2 Å². The molecular weight excluding hydrogens is 328 g/mol. The fourth-order valence-electron chi connectivity index (χ4n) is 2.40. The van der Waals surface area contributed by atoms with Crippen LogP contribution in [0.5, 0.6) is 0 Å². The molecule has 1 fully saturated rings. The molecule has 112 valence electrons. The lowest BCUT2D eigenvalue weighted by Crippen LogP contribution is -2.29. The van der Waals surface area contributed by atoms with Gasteiger partial charge in [-0.05, 0) is 35.8 Å². The largest absolute Gasteiger partial charge is 0.481 e. The van der Waals surface area contributed by atoms with E-state index in [-0.39, 0.29) is 17.4 Å². The van der Waals surface area contributed by atoms with Crippen LogP contribution in [0, 0.1) is 0 Å². The van der Waals surface area contributed by atoms with Gasteiger partial charge < -0.3 is 5.11 Å². The monoisotopic (exact) mass is 342 g/mol. The van der Waals surface area contributed by atoms with Crippen molar-refractivity contribution < 1.29 is 9.90 Å². The summed E-state index contributed by atoms with van der Waals surface area (Å²) in [7, 11) is 0. The van der Waals surface area contributed by atoms with Crippen LogP contribution < -0.4 is 5.56 Å². The highest BCUT2D eigenvalue weighted by molar-refractivity contribution is 7.99. The van der Waals surface area contributed by atoms with Crippen LogP contribution in [0.25, 0.3) is 10.2 Å². The predicted molar refractivity (Wildman–Crippen MR) is 87.8 cm³/mol. The third kappa shape index (κ3) is 3.12. The standard InChI is InChI=1S/C13H14N2O3S3/c16-10(17)7-21-13-14-11-9(3-6-20-11)12(18)15(13)8-1-4-19-5-2-8/h3,6,8H,1-2,4-5,7H2,(H,16,17). The van der Waals surface area contributed by atoms with Crippen molar-refractivity contribution in [2.45, 2.75) is 24.0 Å². The van der Waals surface area contributed by atoms with Crippen LogP contribution in [0.1, 0.15) is 18.9 Å². The average molecular weight is 342 g/mol. The van der Waals surface area contributed by atoms with E-state index < -0.39 is 5.97 Å². The number of aromatic nitrogens is 2. The van der Waals surface area contributed by atoms with Crippen molar-refractivity contribution in [2.75, 3.05) is 17.3 Å². The summed E-state index contributed by atoms with van der Waals surface area (Å²) in [6, 6.07) is 1.93. The summed E-state index contributed by atoms with van der Waals surface area (Å²) >= 11 is 4.44. The zero-order chi connectivity index (χ0) is 14.8. The molecule has 1 saturated heterocycles. The molecule has 0 atom stereocenters. The molecule has 21 heavy (non-hydrogen) atoms. The van der Waals surface area contributed by atoms with Crippen molar-refractivity contribution in [2.24, 2.45) is 0 Å². The van der Waals surface area contributed by atoms with E-state index in [4.69, 9.17) is 5.11 Å². The van der Waals surface area contributed by atoms with Gasteiger partial charge in [0.1, 0.15) is 4.83 Å². The second kappa shape index (κ2) is 6.41. The minimum absolute atomic E-state index is 0.0361. The Morgan fingerprint density at radius 3 is 2.95 bits per heavy atom. The SMILES string of the molecule is O=C(O)CSc1nc2sccc2c(=O)n1C1CCSCC1. The van der Waals surface area contributed by atoms with Crippen LogP contribution in [-0.2, 0) is 4.79 Å². The Labute approximate surface area is 133 Å². The number of nitrogens with zero attached hydrogens (tertiary/aromatic N) is 2. The maximum absolute atomic E-state index is 12.7. The Morgan fingerprint density at radius 2 is 2.24 bits per heavy atom. The summed E-state index contributed by atoms with van der Waals surface area (Å²) in [5.41, 5.74) is -0.0361.